The molecule has 1 aliphatic heterocycles. The summed E-state index contributed by atoms with van der Waals surface area (Å²) in [7, 11) is 0. The Morgan fingerprint density at radius 3 is 2.67 bits per heavy atom. The van der Waals surface area contributed by atoms with E-state index >= 15 is 0 Å². The lowest BCUT2D eigenvalue weighted by Crippen LogP contribution is -2.30. The molecule has 1 aliphatic carbocycles. The van der Waals surface area contributed by atoms with Gasteiger partial charge in [0.2, 0.25) is 5.95 Å². The third kappa shape index (κ3) is 3.80. The summed E-state index contributed by atoms with van der Waals surface area (Å²) in [6.07, 6.45) is 13.0. The van der Waals surface area contributed by atoms with Crippen molar-refractivity contribution in [2.24, 2.45) is 11.3 Å². The van der Waals surface area contributed by atoms with Gasteiger partial charge in [-0.2, -0.15) is 4.98 Å². The summed E-state index contributed by atoms with van der Waals surface area (Å²) in [4.78, 5) is 11.2. The number of allylic oxidation sites excluding steroid dienone is 3. The van der Waals surface area contributed by atoms with E-state index in [1.165, 1.54) is 37.7 Å². The van der Waals surface area contributed by atoms with Crippen molar-refractivity contribution in [3.05, 3.63) is 29.5 Å². The highest BCUT2D eigenvalue weighted by Gasteiger charge is 2.30. The van der Waals surface area contributed by atoms with Crippen molar-refractivity contribution in [3.8, 4) is 0 Å². The van der Waals surface area contributed by atoms with Crippen molar-refractivity contribution in [1.82, 2.24) is 9.97 Å². The molecule has 2 heterocycles. The molecule has 3 rings (SSSR count). The molecule has 1 atom stereocenters. The van der Waals surface area contributed by atoms with Gasteiger partial charge >= 0.3 is 0 Å². The Balaban J connectivity index is 1.83. The second-order valence-corrected chi connectivity index (χ2v) is 7.87. The van der Waals surface area contributed by atoms with Crippen LogP contribution in [-0.4, -0.2) is 23.1 Å². The van der Waals surface area contributed by atoms with Crippen LogP contribution in [-0.2, 0) is 0 Å². The van der Waals surface area contributed by atoms with E-state index in [4.69, 9.17) is 5.73 Å². The minimum atomic E-state index is 0.295. The normalized spacial score (nSPS) is 24.2. The number of hydrogen-bond acceptors (Lipinski definition) is 4. The van der Waals surface area contributed by atoms with E-state index < -0.39 is 0 Å². The molecule has 24 heavy (non-hydrogen) atoms. The zero-order valence-corrected chi connectivity index (χ0v) is 15.3. The Morgan fingerprint density at radius 1 is 1.21 bits per heavy atom. The number of anilines is 2. The molecule has 1 unspecified atom stereocenters. The summed E-state index contributed by atoms with van der Waals surface area (Å²) in [6, 6.07) is 2.08. The second kappa shape index (κ2) is 6.96. The summed E-state index contributed by atoms with van der Waals surface area (Å²) in [5.41, 5.74) is 8.63. The molecule has 0 saturated carbocycles. The average molecular weight is 326 g/mol. The topological polar surface area (TPSA) is 55.0 Å². The highest BCUT2D eigenvalue weighted by molar-refractivity contribution is 5.55. The van der Waals surface area contributed by atoms with Crippen LogP contribution in [0, 0.1) is 11.3 Å². The van der Waals surface area contributed by atoms with E-state index in [9.17, 15) is 0 Å². The summed E-state index contributed by atoms with van der Waals surface area (Å²) in [5, 5.41) is 0. The van der Waals surface area contributed by atoms with Gasteiger partial charge in [-0.05, 0) is 50.5 Å². The number of aromatic nitrogens is 2. The smallest absolute Gasteiger partial charge is 0.222 e. The molecule has 1 aromatic rings. The Morgan fingerprint density at radius 2 is 1.96 bits per heavy atom. The number of nitrogens with two attached hydrogens (primary N) is 1. The van der Waals surface area contributed by atoms with Crippen LogP contribution in [0.15, 0.2) is 23.8 Å². The molecule has 1 saturated heterocycles. The Labute approximate surface area is 145 Å². The van der Waals surface area contributed by atoms with Crippen molar-refractivity contribution in [2.75, 3.05) is 23.7 Å². The van der Waals surface area contributed by atoms with Crippen LogP contribution in [0.1, 0.15) is 58.6 Å². The van der Waals surface area contributed by atoms with E-state index in [0.717, 1.165) is 24.6 Å². The minimum Gasteiger partial charge on any atom is -0.368 e. The fourth-order valence-electron chi connectivity index (χ4n) is 4.02. The predicted molar refractivity (Wildman–Crippen MR) is 102 cm³/mol. The van der Waals surface area contributed by atoms with Crippen molar-refractivity contribution in [1.29, 1.82) is 0 Å². The van der Waals surface area contributed by atoms with E-state index in [-0.39, 0.29) is 0 Å². The molecule has 4 heteroatoms. The van der Waals surface area contributed by atoms with Crippen molar-refractivity contribution in [3.63, 3.8) is 0 Å². The van der Waals surface area contributed by atoms with Crippen LogP contribution in [0.5, 0.6) is 0 Å². The van der Waals surface area contributed by atoms with Gasteiger partial charge in [0.15, 0.2) is 0 Å². The summed E-state index contributed by atoms with van der Waals surface area (Å²) in [5.74, 6) is 1.80. The third-order valence-corrected chi connectivity index (χ3v) is 5.48. The Kier molecular flexibility index (Phi) is 4.93. The molecular weight excluding hydrogens is 296 g/mol. The Hall–Kier alpha value is -1.84. The van der Waals surface area contributed by atoms with Crippen molar-refractivity contribution < 1.29 is 0 Å². The van der Waals surface area contributed by atoms with E-state index in [0.29, 0.717) is 17.3 Å². The van der Waals surface area contributed by atoms with Gasteiger partial charge in [-0.3, -0.25) is 0 Å². The molecule has 4 nitrogen and oxygen atoms in total. The zero-order valence-electron chi connectivity index (χ0n) is 15.3. The molecule has 1 aromatic heterocycles. The fraction of sp³-hybridized carbons (Fsp3) is 0.600. The molecule has 2 aliphatic rings. The maximum absolute atomic E-state index is 5.96. The van der Waals surface area contributed by atoms with Gasteiger partial charge in [0.05, 0.1) is 5.69 Å². The fourth-order valence-corrected chi connectivity index (χ4v) is 4.02. The van der Waals surface area contributed by atoms with Crippen LogP contribution in [0.25, 0.3) is 6.08 Å². The molecule has 0 amide bonds. The molecule has 0 spiro atoms. The number of rotatable bonds is 3. The average Bonchev–Trinajstić information content (AvgIpc) is 2.54. The lowest BCUT2D eigenvalue weighted by molar-refractivity contribution is 0.256. The monoisotopic (exact) mass is 326 g/mol. The van der Waals surface area contributed by atoms with Crippen LogP contribution >= 0.6 is 0 Å². The van der Waals surface area contributed by atoms with Gasteiger partial charge in [-0.1, -0.05) is 31.6 Å². The lowest BCUT2D eigenvalue weighted by atomic mass is 9.68. The van der Waals surface area contributed by atoms with Crippen molar-refractivity contribution in [2.45, 2.75) is 52.9 Å². The number of piperidine rings is 1. The number of hydrogen-bond donors (Lipinski definition) is 1. The standard InChI is InChI=1S/C20H30N4/c1-15-8-7-11-20(2,3)17(15)10-9-16-14-18(23-19(21)22-16)24-12-5-4-6-13-24/h8-10,14,17H,4-7,11-13H2,1-3H3,(H2,21,22,23)/b10-9+. The van der Waals surface area contributed by atoms with Gasteiger partial charge in [-0.15, -0.1) is 0 Å². The van der Waals surface area contributed by atoms with Crippen LogP contribution in [0.4, 0.5) is 11.8 Å². The summed E-state index contributed by atoms with van der Waals surface area (Å²) < 4.78 is 0. The first-order chi connectivity index (χ1) is 11.5. The zero-order chi connectivity index (χ0) is 17.2. The first-order valence-electron chi connectivity index (χ1n) is 9.20. The van der Waals surface area contributed by atoms with Gasteiger partial charge in [0, 0.05) is 25.1 Å². The second-order valence-electron chi connectivity index (χ2n) is 7.87. The van der Waals surface area contributed by atoms with Crippen LogP contribution in [0.3, 0.4) is 0 Å². The molecule has 2 N–H and O–H groups in total. The number of nitrogen functional groups attached to an aromatic ring is 1. The third-order valence-electron chi connectivity index (χ3n) is 5.48. The predicted octanol–water partition coefficient (Wildman–Crippen LogP) is 4.44. The highest BCUT2D eigenvalue weighted by atomic mass is 15.2. The Bertz CT molecular complexity index is 639. The van der Waals surface area contributed by atoms with Crippen LogP contribution < -0.4 is 10.6 Å². The first-order valence-corrected chi connectivity index (χ1v) is 9.20. The van der Waals surface area contributed by atoms with Gasteiger partial charge in [-0.25, -0.2) is 4.98 Å². The first kappa shape index (κ1) is 17.0. The lowest BCUT2D eigenvalue weighted by Gasteiger charge is -2.36. The van der Waals surface area contributed by atoms with E-state index in [2.05, 4.69) is 59.9 Å². The molecule has 0 aromatic carbocycles. The minimum absolute atomic E-state index is 0.295. The highest BCUT2D eigenvalue weighted by Crippen LogP contribution is 2.41. The van der Waals surface area contributed by atoms with Crippen LogP contribution in [0.2, 0.25) is 0 Å². The number of nitrogens with zero attached hydrogens (tertiary/aromatic N) is 3. The quantitative estimate of drug-likeness (QED) is 0.834. The molecule has 130 valence electrons. The van der Waals surface area contributed by atoms with E-state index in [1.54, 1.807) is 0 Å². The van der Waals surface area contributed by atoms with Gasteiger partial charge in [0.1, 0.15) is 5.82 Å². The maximum Gasteiger partial charge on any atom is 0.222 e. The molecule has 0 radical (unpaired) electrons. The SMILES string of the molecule is CC1=CCCC(C)(C)C1/C=C/c1cc(N2CCCCC2)nc(N)n1. The van der Waals surface area contributed by atoms with E-state index in [1.807, 2.05) is 0 Å². The largest absolute Gasteiger partial charge is 0.368 e. The van der Waals surface area contributed by atoms with Gasteiger partial charge < -0.3 is 10.6 Å². The maximum atomic E-state index is 5.96. The molecular formula is C20H30N4. The molecule has 1 fully saturated rings. The summed E-state index contributed by atoms with van der Waals surface area (Å²) >= 11 is 0. The van der Waals surface area contributed by atoms with Gasteiger partial charge in [0.25, 0.3) is 0 Å². The molecule has 0 bridgehead atoms. The summed E-state index contributed by atoms with van der Waals surface area (Å²) in [6.45, 7) is 9.08. The van der Waals surface area contributed by atoms with Crippen molar-refractivity contribution >= 4 is 17.8 Å².